The predicted molar refractivity (Wildman–Crippen MR) is 71.2 cm³/mol. The number of hydrogen-bond donors (Lipinski definition) is 1. The summed E-state index contributed by atoms with van der Waals surface area (Å²) in [5.74, 6) is 0.919. The molecule has 1 N–H and O–H groups in total. The molecular weight excluding hydrogens is 229 g/mol. The highest BCUT2D eigenvalue weighted by Crippen LogP contribution is 2.29. The van der Waals surface area contributed by atoms with Crippen LogP contribution in [0.3, 0.4) is 0 Å². The van der Waals surface area contributed by atoms with E-state index < -0.39 is 0 Å². The molecule has 1 aliphatic rings. The molecule has 1 unspecified atom stereocenters. The molecule has 0 heterocycles. The minimum atomic E-state index is -0.181. The summed E-state index contributed by atoms with van der Waals surface area (Å²) < 4.78 is 18.7. The second-order valence-electron chi connectivity index (χ2n) is 5.04. The third-order valence-corrected chi connectivity index (χ3v) is 3.35. The van der Waals surface area contributed by atoms with Gasteiger partial charge in [-0.3, -0.25) is 0 Å². The summed E-state index contributed by atoms with van der Waals surface area (Å²) >= 11 is 0. The van der Waals surface area contributed by atoms with Gasteiger partial charge in [0.2, 0.25) is 0 Å². The molecule has 0 spiro atoms. The highest BCUT2D eigenvalue weighted by Gasteiger charge is 2.22. The van der Waals surface area contributed by atoms with Crippen molar-refractivity contribution >= 4 is 0 Å². The Balaban J connectivity index is 1.87. The van der Waals surface area contributed by atoms with Crippen LogP contribution in [0.15, 0.2) is 24.3 Å². The van der Waals surface area contributed by atoms with Crippen LogP contribution in [0.25, 0.3) is 0 Å². The zero-order chi connectivity index (χ0) is 12.8. The summed E-state index contributed by atoms with van der Waals surface area (Å²) in [4.78, 5) is 0. The van der Waals surface area contributed by atoms with Crippen LogP contribution >= 0.6 is 0 Å². The van der Waals surface area contributed by atoms with E-state index in [0.29, 0.717) is 5.92 Å². The molecule has 1 aromatic rings. The van der Waals surface area contributed by atoms with Gasteiger partial charge in [0, 0.05) is 19.1 Å². The average molecular weight is 251 g/mol. The molecule has 1 atom stereocenters. The molecule has 0 aliphatic heterocycles. The van der Waals surface area contributed by atoms with Crippen molar-refractivity contribution in [2.24, 2.45) is 5.92 Å². The molecule has 1 aliphatic carbocycles. The molecule has 1 saturated carbocycles. The summed E-state index contributed by atoms with van der Waals surface area (Å²) in [5.41, 5.74) is 1.15. The van der Waals surface area contributed by atoms with Crippen molar-refractivity contribution < 1.29 is 9.13 Å². The topological polar surface area (TPSA) is 21.3 Å². The van der Waals surface area contributed by atoms with E-state index in [-0.39, 0.29) is 5.82 Å². The van der Waals surface area contributed by atoms with E-state index >= 15 is 0 Å². The Kier molecular flexibility index (Phi) is 5.14. The van der Waals surface area contributed by atoms with E-state index in [4.69, 9.17) is 4.74 Å². The number of ether oxygens (including phenoxy) is 1. The molecule has 18 heavy (non-hydrogen) atoms. The lowest BCUT2D eigenvalue weighted by atomic mass is 10.00. The highest BCUT2D eigenvalue weighted by molar-refractivity contribution is 5.21. The van der Waals surface area contributed by atoms with Crippen molar-refractivity contribution in [3.05, 3.63) is 35.6 Å². The number of hydrogen-bond acceptors (Lipinski definition) is 2. The lowest BCUT2D eigenvalue weighted by Crippen LogP contribution is -2.24. The first-order valence-electron chi connectivity index (χ1n) is 6.83. The van der Waals surface area contributed by atoms with Crippen molar-refractivity contribution in [2.45, 2.75) is 25.7 Å². The fourth-order valence-corrected chi connectivity index (χ4v) is 1.99. The standard InChI is InChI=1S/C15H22FNO/c1-2-17-9-14(11-18-10-12-3-4-12)13-5-7-15(16)8-6-13/h5-8,12,14,17H,2-4,9-11H2,1H3. The van der Waals surface area contributed by atoms with Crippen LogP contribution in [-0.4, -0.2) is 26.3 Å². The van der Waals surface area contributed by atoms with E-state index in [2.05, 4.69) is 12.2 Å². The average Bonchev–Trinajstić information content (AvgIpc) is 3.19. The maximum Gasteiger partial charge on any atom is 0.123 e. The fourth-order valence-electron chi connectivity index (χ4n) is 1.99. The van der Waals surface area contributed by atoms with Crippen LogP contribution in [-0.2, 0) is 4.74 Å². The third kappa shape index (κ3) is 4.39. The van der Waals surface area contributed by atoms with Gasteiger partial charge in [0.05, 0.1) is 6.61 Å². The number of benzene rings is 1. The summed E-state index contributed by atoms with van der Waals surface area (Å²) in [6.45, 7) is 5.51. The Morgan fingerprint density at radius 1 is 1.33 bits per heavy atom. The van der Waals surface area contributed by atoms with Crippen molar-refractivity contribution in [2.75, 3.05) is 26.3 Å². The molecular formula is C15H22FNO. The van der Waals surface area contributed by atoms with E-state index in [9.17, 15) is 4.39 Å². The molecule has 0 saturated heterocycles. The Morgan fingerprint density at radius 2 is 2.06 bits per heavy atom. The van der Waals surface area contributed by atoms with Crippen LogP contribution in [0.5, 0.6) is 0 Å². The quantitative estimate of drug-likeness (QED) is 0.767. The van der Waals surface area contributed by atoms with E-state index in [1.807, 2.05) is 12.1 Å². The molecule has 1 aromatic carbocycles. The van der Waals surface area contributed by atoms with Crippen LogP contribution in [0.1, 0.15) is 31.2 Å². The normalized spacial score (nSPS) is 16.8. The molecule has 100 valence electrons. The van der Waals surface area contributed by atoms with Gasteiger partial charge in [-0.15, -0.1) is 0 Å². The SMILES string of the molecule is CCNCC(COCC1CC1)c1ccc(F)cc1. The van der Waals surface area contributed by atoms with Gasteiger partial charge < -0.3 is 10.1 Å². The lowest BCUT2D eigenvalue weighted by Gasteiger charge is -2.18. The Hall–Kier alpha value is -0.930. The van der Waals surface area contributed by atoms with Crippen LogP contribution in [0.4, 0.5) is 4.39 Å². The first-order valence-corrected chi connectivity index (χ1v) is 6.83. The number of halogens is 1. The smallest absolute Gasteiger partial charge is 0.123 e. The minimum absolute atomic E-state index is 0.181. The van der Waals surface area contributed by atoms with Gasteiger partial charge in [-0.05, 0) is 43.0 Å². The third-order valence-electron chi connectivity index (χ3n) is 3.35. The summed E-state index contributed by atoms with van der Waals surface area (Å²) in [6, 6.07) is 6.76. The Morgan fingerprint density at radius 3 is 2.67 bits per heavy atom. The number of nitrogens with one attached hydrogen (secondary N) is 1. The van der Waals surface area contributed by atoms with Crippen molar-refractivity contribution in [1.29, 1.82) is 0 Å². The number of rotatable bonds is 8. The molecule has 1 fully saturated rings. The Labute approximate surface area is 109 Å². The second kappa shape index (κ2) is 6.86. The van der Waals surface area contributed by atoms with E-state index in [1.165, 1.54) is 25.0 Å². The van der Waals surface area contributed by atoms with Crippen molar-refractivity contribution in [3.8, 4) is 0 Å². The first kappa shape index (κ1) is 13.5. The second-order valence-corrected chi connectivity index (χ2v) is 5.04. The van der Waals surface area contributed by atoms with Crippen molar-refractivity contribution in [1.82, 2.24) is 5.32 Å². The molecule has 0 amide bonds. The molecule has 2 rings (SSSR count). The zero-order valence-corrected chi connectivity index (χ0v) is 11.0. The van der Waals surface area contributed by atoms with Gasteiger partial charge >= 0.3 is 0 Å². The minimum Gasteiger partial charge on any atom is -0.380 e. The molecule has 0 radical (unpaired) electrons. The van der Waals surface area contributed by atoms with Crippen LogP contribution in [0.2, 0.25) is 0 Å². The maximum atomic E-state index is 12.9. The summed E-state index contributed by atoms with van der Waals surface area (Å²) in [7, 11) is 0. The Bertz CT molecular complexity index is 348. The first-order chi connectivity index (χ1) is 8.79. The summed E-state index contributed by atoms with van der Waals surface area (Å²) in [5, 5.41) is 3.34. The highest BCUT2D eigenvalue weighted by atomic mass is 19.1. The van der Waals surface area contributed by atoms with Crippen LogP contribution in [0, 0.1) is 11.7 Å². The van der Waals surface area contributed by atoms with Gasteiger partial charge in [0.25, 0.3) is 0 Å². The molecule has 2 nitrogen and oxygen atoms in total. The zero-order valence-electron chi connectivity index (χ0n) is 11.0. The van der Waals surface area contributed by atoms with Gasteiger partial charge in [-0.2, -0.15) is 0 Å². The van der Waals surface area contributed by atoms with Crippen LogP contribution < -0.4 is 5.32 Å². The lowest BCUT2D eigenvalue weighted by molar-refractivity contribution is 0.110. The fraction of sp³-hybridized carbons (Fsp3) is 0.600. The van der Waals surface area contributed by atoms with Gasteiger partial charge in [0.15, 0.2) is 0 Å². The molecule has 0 aromatic heterocycles. The summed E-state index contributed by atoms with van der Waals surface area (Å²) in [6.07, 6.45) is 2.63. The monoisotopic (exact) mass is 251 g/mol. The number of likely N-dealkylation sites (N-methyl/N-ethyl adjacent to an activating group) is 1. The van der Waals surface area contributed by atoms with Gasteiger partial charge in [0.1, 0.15) is 5.82 Å². The van der Waals surface area contributed by atoms with E-state index in [0.717, 1.165) is 37.8 Å². The van der Waals surface area contributed by atoms with Gasteiger partial charge in [-0.25, -0.2) is 4.39 Å². The maximum absolute atomic E-state index is 12.9. The van der Waals surface area contributed by atoms with Gasteiger partial charge in [-0.1, -0.05) is 19.1 Å². The predicted octanol–water partition coefficient (Wildman–Crippen LogP) is 2.95. The molecule has 0 bridgehead atoms. The largest absolute Gasteiger partial charge is 0.380 e. The van der Waals surface area contributed by atoms with E-state index in [1.54, 1.807) is 0 Å². The molecule has 3 heteroatoms. The van der Waals surface area contributed by atoms with Crippen molar-refractivity contribution in [3.63, 3.8) is 0 Å².